The van der Waals surface area contributed by atoms with E-state index in [1.165, 1.54) is 57.8 Å². The summed E-state index contributed by atoms with van der Waals surface area (Å²) in [4.78, 5) is 0. The summed E-state index contributed by atoms with van der Waals surface area (Å²) in [5.41, 5.74) is 0. The van der Waals surface area contributed by atoms with Gasteiger partial charge in [-0.3, -0.25) is 0 Å². The van der Waals surface area contributed by atoms with E-state index in [2.05, 4.69) is 13.8 Å². The Hall–Kier alpha value is 0.290. The van der Waals surface area contributed by atoms with Crippen molar-refractivity contribution < 1.29 is 0 Å². The van der Waals surface area contributed by atoms with E-state index in [-0.39, 0.29) is 0 Å². The molecular weight excluding hydrogens is 180 g/mol. The third kappa shape index (κ3) is 10.2. The lowest BCUT2D eigenvalue weighted by Gasteiger charge is -2.06. The molecule has 0 fully saturated rings. The maximum atomic E-state index is 6.12. The highest BCUT2D eigenvalue weighted by molar-refractivity contribution is 6.20. The molecule has 1 atom stereocenters. The zero-order valence-corrected chi connectivity index (χ0v) is 10.1. The van der Waals surface area contributed by atoms with E-state index in [0.29, 0.717) is 5.38 Å². The van der Waals surface area contributed by atoms with Crippen LogP contribution in [0.25, 0.3) is 0 Å². The molecule has 0 aliphatic carbocycles. The Morgan fingerprint density at radius 3 is 2.00 bits per heavy atom. The molecule has 0 aromatic heterocycles. The summed E-state index contributed by atoms with van der Waals surface area (Å²) in [5, 5.41) is 0.441. The maximum absolute atomic E-state index is 6.12. The number of rotatable bonds is 9. The second-order valence-electron chi connectivity index (χ2n) is 3.94. The fourth-order valence-electron chi connectivity index (χ4n) is 1.60. The predicted octanol–water partition coefficient (Wildman–Crippen LogP) is 5.14. The van der Waals surface area contributed by atoms with Crippen LogP contribution in [0.2, 0.25) is 0 Å². The highest BCUT2D eigenvalue weighted by atomic mass is 35.5. The average Bonchev–Trinajstić information content (AvgIpc) is 2.11. The Bertz CT molecular complexity index is 91.1. The highest BCUT2D eigenvalue weighted by Gasteiger charge is 2.01. The van der Waals surface area contributed by atoms with Crippen LogP contribution >= 0.6 is 11.6 Å². The second kappa shape index (κ2) is 10.4. The Kier molecular flexibility index (Phi) is 10.6. The number of unbranched alkanes of at least 4 members (excludes halogenated alkanes) is 5. The smallest absolute Gasteiger partial charge is 0.0336 e. The van der Waals surface area contributed by atoms with E-state index in [1.807, 2.05) is 0 Å². The summed E-state index contributed by atoms with van der Waals surface area (Å²) in [6, 6.07) is 0. The lowest BCUT2D eigenvalue weighted by molar-refractivity contribution is 0.566. The third-order valence-corrected chi connectivity index (χ3v) is 2.91. The van der Waals surface area contributed by atoms with Gasteiger partial charge in [-0.05, 0) is 12.8 Å². The van der Waals surface area contributed by atoms with Crippen LogP contribution in [0.3, 0.4) is 0 Å². The SMILES string of the molecule is CCCCCCCCC(Cl)CCC. The molecular formula is C12H25Cl. The van der Waals surface area contributed by atoms with E-state index < -0.39 is 0 Å². The first kappa shape index (κ1) is 13.3. The lowest BCUT2D eigenvalue weighted by Crippen LogP contribution is -1.96. The molecule has 0 N–H and O–H groups in total. The molecule has 0 rings (SSSR count). The van der Waals surface area contributed by atoms with Gasteiger partial charge in [-0.15, -0.1) is 11.6 Å². The minimum Gasteiger partial charge on any atom is -0.123 e. The van der Waals surface area contributed by atoms with Crippen molar-refractivity contribution in [2.24, 2.45) is 0 Å². The van der Waals surface area contributed by atoms with Gasteiger partial charge in [0.15, 0.2) is 0 Å². The third-order valence-electron chi connectivity index (χ3n) is 2.47. The van der Waals surface area contributed by atoms with Crippen LogP contribution in [0.1, 0.15) is 71.6 Å². The number of halogens is 1. The first-order valence-corrected chi connectivity index (χ1v) is 6.39. The summed E-state index contributed by atoms with van der Waals surface area (Å²) >= 11 is 6.12. The van der Waals surface area contributed by atoms with Crippen LogP contribution in [0.5, 0.6) is 0 Å². The number of alkyl halides is 1. The van der Waals surface area contributed by atoms with Gasteiger partial charge in [-0.1, -0.05) is 58.8 Å². The van der Waals surface area contributed by atoms with Gasteiger partial charge >= 0.3 is 0 Å². The van der Waals surface area contributed by atoms with Crippen molar-refractivity contribution in [3.8, 4) is 0 Å². The molecule has 0 amide bonds. The molecule has 1 unspecified atom stereocenters. The van der Waals surface area contributed by atoms with Crippen molar-refractivity contribution in [2.75, 3.05) is 0 Å². The van der Waals surface area contributed by atoms with Gasteiger partial charge in [0.1, 0.15) is 0 Å². The van der Waals surface area contributed by atoms with Crippen molar-refractivity contribution in [3.05, 3.63) is 0 Å². The van der Waals surface area contributed by atoms with E-state index in [0.717, 1.165) is 0 Å². The topological polar surface area (TPSA) is 0 Å². The normalized spacial score (nSPS) is 13.2. The Morgan fingerprint density at radius 2 is 1.38 bits per heavy atom. The predicted molar refractivity (Wildman–Crippen MR) is 62.5 cm³/mol. The molecule has 0 bridgehead atoms. The summed E-state index contributed by atoms with van der Waals surface area (Å²) < 4.78 is 0. The molecule has 0 aromatic rings. The van der Waals surface area contributed by atoms with Gasteiger partial charge in [0.05, 0.1) is 0 Å². The van der Waals surface area contributed by atoms with Gasteiger partial charge < -0.3 is 0 Å². The van der Waals surface area contributed by atoms with Gasteiger partial charge in [0.2, 0.25) is 0 Å². The molecule has 0 saturated heterocycles. The molecule has 0 spiro atoms. The van der Waals surface area contributed by atoms with Gasteiger partial charge in [-0.2, -0.15) is 0 Å². The molecule has 13 heavy (non-hydrogen) atoms. The molecule has 0 saturated carbocycles. The van der Waals surface area contributed by atoms with E-state index >= 15 is 0 Å². The molecule has 0 radical (unpaired) electrons. The van der Waals surface area contributed by atoms with Crippen LogP contribution in [0, 0.1) is 0 Å². The van der Waals surface area contributed by atoms with E-state index in [1.54, 1.807) is 0 Å². The zero-order valence-electron chi connectivity index (χ0n) is 9.32. The van der Waals surface area contributed by atoms with Crippen LogP contribution in [-0.2, 0) is 0 Å². The quantitative estimate of drug-likeness (QED) is 0.360. The molecule has 80 valence electrons. The molecule has 0 heterocycles. The monoisotopic (exact) mass is 204 g/mol. The van der Waals surface area contributed by atoms with Gasteiger partial charge in [-0.25, -0.2) is 0 Å². The van der Waals surface area contributed by atoms with Crippen molar-refractivity contribution in [3.63, 3.8) is 0 Å². The molecule has 0 aliphatic heterocycles. The standard InChI is InChI=1S/C12H25Cl/c1-3-5-6-7-8-9-11-12(13)10-4-2/h12H,3-11H2,1-2H3. The van der Waals surface area contributed by atoms with Crippen molar-refractivity contribution in [1.29, 1.82) is 0 Å². The van der Waals surface area contributed by atoms with Gasteiger partial charge in [0, 0.05) is 5.38 Å². The van der Waals surface area contributed by atoms with Crippen molar-refractivity contribution in [1.82, 2.24) is 0 Å². The number of hydrogen-bond donors (Lipinski definition) is 0. The fourth-order valence-corrected chi connectivity index (χ4v) is 1.98. The summed E-state index contributed by atoms with van der Waals surface area (Å²) in [6.45, 7) is 4.46. The largest absolute Gasteiger partial charge is 0.123 e. The van der Waals surface area contributed by atoms with E-state index in [4.69, 9.17) is 11.6 Å². The summed E-state index contributed by atoms with van der Waals surface area (Å²) in [5.74, 6) is 0. The first-order chi connectivity index (χ1) is 6.31. The Morgan fingerprint density at radius 1 is 0.769 bits per heavy atom. The zero-order chi connectivity index (χ0) is 9.94. The first-order valence-electron chi connectivity index (χ1n) is 5.95. The summed E-state index contributed by atoms with van der Waals surface area (Å²) in [7, 11) is 0. The molecule has 1 heteroatoms. The van der Waals surface area contributed by atoms with Crippen LogP contribution in [0.15, 0.2) is 0 Å². The average molecular weight is 205 g/mol. The maximum Gasteiger partial charge on any atom is 0.0336 e. The minimum atomic E-state index is 0.441. The fraction of sp³-hybridized carbons (Fsp3) is 1.00. The molecule has 0 aliphatic rings. The lowest BCUT2D eigenvalue weighted by atomic mass is 10.1. The highest BCUT2D eigenvalue weighted by Crippen LogP contribution is 2.15. The minimum absolute atomic E-state index is 0.441. The Balaban J connectivity index is 2.97. The van der Waals surface area contributed by atoms with Gasteiger partial charge in [0.25, 0.3) is 0 Å². The second-order valence-corrected chi connectivity index (χ2v) is 4.56. The van der Waals surface area contributed by atoms with Crippen LogP contribution in [-0.4, -0.2) is 5.38 Å². The summed E-state index contributed by atoms with van der Waals surface area (Å²) in [6.07, 6.45) is 11.9. The Labute approximate surface area is 89.1 Å². The van der Waals surface area contributed by atoms with Crippen LogP contribution in [0.4, 0.5) is 0 Å². The number of hydrogen-bond acceptors (Lipinski definition) is 0. The van der Waals surface area contributed by atoms with Crippen molar-refractivity contribution in [2.45, 2.75) is 77.0 Å². The van der Waals surface area contributed by atoms with Crippen molar-refractivity contribution >= 4 is 11.6 Å². The van der Waals surface area contributed by atoms with E-state index in [9.17, 15) is 0 Å². The molecule has 0 aromatic carbocycles. The van der Waals surface area contributed by atoms with Crippen LogP contribution < -0.4 is 0 Å². The molecule has 0 nitrogen and oxygen atoms in total.